The molecule has 0 bridgehead atoms. The number of hydrogen-bond acceptors (Lipinski definition) is 7. The largest absolute Gasteiger partial charge is 0.493 e. The Labute approximate surface area is 168 Å². The Kier molecular flexibility index (Phi) is 5.33. The molecule has 8 nitrogen and oxygen atoms in total. The molecular weight excluding hydrogens is 372 g/mol. The Balaban J connectivity index is 1.48. The van der Waals surface area contributed by atoms with E-state index < -0.39 is 0 Å². The summed E-state index contributed by atoms with van der Waals surface area (Å²) in [7, 11) is 3.23. The fourth-order valence-corrected chi connectivity index (χ4v) is 3.38. The average molecular weight is 394 g/mol. The van der Waals surface area contributed by atoms with Crippen molar-refractivity contribution in [1.29, 1.82) is 0 Å². The smallest absolute Gasteiger partial charge is 0.272 e. The Morgan fingerprint density at radius 2 is 1.97 bits per heavy atom. The summed E-state index contributed by atoms with van der Waals surface area (Å²) in [6.07, 6.45) is 3.75. The van der Waals surface area contributed by atoms with Crippen LogP contribution in [0.2, 0.25) is 0 Å². The molecule has 3 heterocycles. The minimum Gasteiger partial charge on any atom is -0.493 e. The van der Waals surface area contributed by atoms with E-state index in [1.807, 2.05) is 24.3 Å². The highest BCUT2D eigenvalue weighted by Gasteiger charge is 2.24. The summed E-state index contributed by atoms with van der Waals surface area (Å²) in [6.45, 7) is 1.59. The third kappa shape index (κ3) is 4.01. The van der Waals surface area contributed by atoms with E-state index in [2.05, 4.69) is 15.3 Å². The number of methoxy groups -OCH3 is 2. The van der Waals surface area contributed by atoms with Gasteiger partial charge in [-0.1, -0.05) is 0 Å². The Morgan fingerprint density at radius 3 is 2.69 bits per heavy atom. The number of rotatable bonds is 6. The van der Waals surface area contributed by atoms with Gasteiger partial charge in [-0.25, -0.2) is 9.97 Å². The van der Waals surface area contributed by atoms with E-state index in [1.165, 1.54) is 6.33 Å². The average Bonchev–Trinajstić information content (AvgIpc) is 3.29. The summed E-state index contributed by atoms with van der Waals surface area (Å²) in [5.74, 6) is 2.59. The van der Waals surface area contributed by atoms with Gasteiger partial charge in [-0.2, -0.15) is 0 Å². The molecule has 8 heteroatoms. The van der Waals surface area contributed by atoms with E-state index in [0.717, 1.165) is 23.3 Å². The maximum absolute atomic E-state index is 13.0. The van der Waals surface area contributed by atoms with Gasteiger partial charge in [0.15, 0.2) is 11.5 Å². The predicted octanol–water partition coefficient (Wildman–Crippen LogP) is 2.90. The molecule has 0 radical (unpaired) electrons. The molecule has 0 atom stereocenters. The molecule has 0 aliphatic carbocycles. The van der Waals surface area contributed by atoms with Crippen LogP contribution in [0.5, 0.6) is 11.5 Å². The van der Waals surface area contributed by atoms with Crippen molar-refractivity contribution in [2.24, 2.45) is 0 Å². The molecule has 150 valence electrons. The van der Waals surface area contributed by atoms with E-state index in [1.54, 1.807) is 31.4 Å². The molecule has 0 fully saturated rings. The molecule has 4 rings (SSSR count). The van der Waals surface area contributed by atoms with E-state index in [9.17, 15) is 4.79 Å². The quantitative estimate of drug-likeness (QED) is 0.687. The van der Waals surface area contributed by atoms with Crippen LogP contribution in [0.15, 0.2) is 47.3 Å². The molecule has 1 N–H and O–H groups in total. The van der Waals surface area contributed by atoms with E-state index in [0.29, 0.717) is 42.6 Å². The lowest BCUT2D eigenvalue weighted by atomic mass is 9.98. The molecule has 1 aromatic carbocycles. The van der Waals surface area contributed by atoms with Gasteiger partial charge in [0.25, 0.3) is 5.91 Å². The maximum atomic E-state index is 13.0. The lowest BCUT2D eigenvalue weighted by molar-refractivity contribution is 0.0728. The van der Waals surface area contributed by atoms with Gasteiger partial charge in [-0.15, -0.1) is 0 Å². The molecule has 0 saturated heterocycles. The van der Waals surface area contributed by atoms with E-state index in [-0.39, 0.29) is 5.91 Å². The fraction of sp³-hybridized carbons (Fsp3) is 0.286. The number of furan rings is 1. The molecule has 0 saturated carbocycles. The molecule has 1 aliphatic rings. The van der Waals surface area contributed by atoms with Crippen molar-refractivity contribution in [3.63, 3.8) is 0 Å². The third-order valence-corrected chi connectivity index (χ3v) is 4.92. The second kappa shape index (κ2) is 8.22. The van der Waals surface area contributed by atoms with Gasteiger partial charge in [0.2, 0.25) is 0 Å². The lowest BCUT2D eigenvalue weighted by Gasteiger charge is -2.29. The summed E-state index contributed by atoms with van der Waals surface area (Å²) in [5, 5.41) is 3.14. The summed E-state index contributed by atoms with van der Waals surface area (Å²) in [4.78, 5) is 23.1. The Bertz CT molecular complexity index is 1000. The van der Waals surface area contributed by atoms with Gasteiger partial charge in [0.05, 0.1) is 27.0 Å². The number of fused-ring (bicyclic) bond motifs is 1. The zero-order valence-electron chi connectivity index (χ0n) is 16.3. The predicted molar refractivity (Wildman–Crippen MR) is 106 cm³/mol. The van der Waals surface area contributed by atoms with Crippen LogP contribution in [-0.4, -0.2) is 41.5 Å². The summed E-state index contributed by atoms with van der Waals surface area (Å²) < 4.78 is 16.1. The topological polar surface area (TPSA) is 89.7 Å². The van der Waals surface area contributed by atoms with Crippen LogP contribution < -0.4 is 14.8 Å². The van der Waals surface area contributed by atoms with Crippen LogP contribution in [0, 0.1) is 0 Å². The monoisotopic (exact) mass is 394 g/mol. The van der Waals surface area contributed by atoms with Gasteiger partial charge >= 0.3 is 0 Å². The minimum absolute atomic E-state index is 0.131. The third-order valence-electron chi connectivity index (χ3n) is 4.92. The fourth-order valence-electron chi connectivity index (χ4n) is 3.38. The van der Waals surface area contributed by atoms with Crippen LogP contribution in [0.4, 0.5) is 5.82 Å². The highest BCUT2D eigenvalue weighted by Crippen LogP contribution is 2.33. The SMILES string of the molecule is COc1cc2c(cc1OC)CN(C(=O)c1cc(NCc3ccco3)ncn1)CC2. The van der Waals surface area contributed by atoms with Gasteiger partial charge in [0.1, 0.15) is 23.6 Å². The molecule has 0 spiro atoms. The second-order valence-electron chi connectivity index (χ2n) is 6.67. The van der Waals surface area contributed by atoms with Gasteiger partial charge in [-0.3, -0.25) is 4.79 Å². The first kappa shape index (κ1) is 18.8. The second-order valence-corrected chi connectivity index (χ2v) is 6.67. The molecule has 1 aliphatic heterocycles. The van der Waals surface area contributed by atoms with E-state index in [4.69, 9.17) is 13.9 Å². The molecular formula is C21H22N4O4. The van der Waals surface area contributed by atoms with Crippen molar-refractivity contribution in [3.8, 4) is 11.5 Å². The van der Waals surface area contributed by atoms with Crippen LogP contribution in [0.1, 0.15) is 27.4 Å². The number of benzene rings is 1. The van der Waals surface area contributed by atoms with Crippen molar-refractivity contribution in [3.05, 3.63) is 65.5 Å². The normalized spacial score (nSPS) is 13.0. The Hall–Kier alpha value is -3.55. The highest BCUT2D eigenvalue weighted by atomic mass is 16.5. The molecule has 0 unspecified atom stereocenters. The summed E-state index contributed by atoms with van der Waals surface area (Å²) in [6, 6.07) is 9.27. The minimum atomic E-state index is -0.131. The van der Waals surface area contributed by atoms with Crippen LogP contribution in [0.3, 0.4) is 0 Å². The summed E-state index contributed by atoms with van der Waals surface area (Å²) >= 11 is 0. The van der Waals surface area contributed by atoms with Gasteiger partial charge in [0, 0.05) is 19.2 Å². The molecule has 1 amide bonds. The first-order valence-corrected chi connectivity index (χ1v) is 9.29. The first-order valence-electron chi connectivity index (χ1n) is 9.29. The lowest BCUT2D eigenvalue weighted by Crippen LogP contribution is -2.36. The van der Waals surface area contributed by atoms with Crippen molar-refractivity contribution in [2.45, 2.75) is 19.5 Å². The summed E-state index contributed by atoms with van der Waals surface area (Å²) in [5.41, 5.74) is 2.56. The number of carbonyl (C=O) groups is 1. The molecule has 3 aromatic rings. The first-order chi connectivity index (χ1) is 14.2. The van der Waals surface area contributed by atoms with E-state index >= 15 is 0 Å². The number of carbonyl (C=O) groups excluding carboxylic acids is 1. The zero-order chi connectivity index (χ0) is 20.2. The van der Waals surface area contributed by atoms with Crippen molar-refractivity contribution < 1.29 is 18.7 Å². The standard InChI is InChI=1S/C21H22N4O4/c1-27-18-8-14-5-6-25(12-15(14)9-19(18)28-2)21(26)17-10-20(24-13-23-17)22-11-16-4-3-7-29-16/h3-4,7-10,13H,5-6,11-12H2,1-2H3,(H,22,23,24). The number of nitrogens with one attached hydrogen (secondary N) is 1. The van der Waals surface area contributed by atoms with Gasteiger partial charge in [-0.05, 0) is 41.8 Å². The van der Waals surface area contributed by atoms with Gasteiger partial charge < -0.3 is 24.1 Å². The van der Waals surface area contributed by atoms with Crippen molar-refractivity contribution in [2.75, 3.05) is 26.1 Å². The number of aromatic nitrogens is 2. The number of nitrogens with zero attached hydrogens (tertiary/aromatic N) is 3. The molecule has 29 heavy (non-hydrogen) atoms. The zero-order valence-corrected chi connectivity index (χ0v) is 16.3. The maximum Gasteiger partial charge on any atom is 0.272 e. The number of anilines is 1. The van der Waals surface area contributed by atoms with Crippen LogP contribution in [0.25, 0.3) is 0 Å². The Morgan fingerprint density at radius 1 is 1.17 bits per heavy atom. The van der Waals surface area contributed by atoms with Crippen LogP contribution in [-0.2, 0) is 19.5 Å². The number of ether oxygens (including phenoxy) is 2. The van der Waals surface area contributed by atoms with Crippen molar-refractivity contribution >= 4 is 11.7 Å². The molecule has 2 aromatic heterocycles. The highest BCUT2D eigenvalue weighted by molar-refractivity contribution is 5.93. The number of amides is 1. The van der Waals surface area contributed by atoms with Crippen LogP contribution >= 0.6 is 0 Å². The van der Waals surface area contributed by atoms with Crippen molar-refractivity contribution in [1.82, 2.24) is 14.9 Å². The number of hydrogen-bond donors (Lipinski definition) is 1.